The molecule has 1 heterocycles. The Morgan fingerprint density at radius 2 is 1.91 bits per heavy atom. The first-order chi connectivity index (χ1) is 15.2. The van der Waals surface area contributed by atoms with Crippen molar-refractivity contribution in [1.82, 2.24) is 4.90 Å². The molecule has 5 nitrogen and oxygen atoms in total. The summed E-state index contributed by atoms with van der Waals surface area (Å²) in [6.07, 6.45) is -1.44. The fraction of sp³-hybridized carbons (Fsp3) is 0.391. The first-order valence-corrected chi connectivity index (χ1v) is 10.8. The largest absolute Gasteiger partial charge is 0.573 e. The number of rotatable bonds is 6. The quantitative estimate of drug-likeness (QED) is 0.563. The molecule has 1 aliphatic rings. The van der Waals surface area contributed by atoms with Crippen LogP contribution in [0, 0.1) is 0 Å². The highest BCUT2D eigenvalue weighted by atomic mass is 35.5. The molecule has 1 unspecified atom stereocenters. The number of para-hydroxylation sites is 1. The van der Waals surface area contributed by atoms with E-state index in [-0.39, 0.29) is 28.1 Å². The molecule has 2 aromatic rings. The Morgan fingerprint density at radius 3 is 2.59 bits per heavy atom. The number of carbonyl (C=O) groups is 2. The highest BCUT2D eigenvalue weighted by Gasteiger charge is 2.33. The zero-order valence-corrected chi connectivity index (χ0v) is 18.3. The van der Waals surface area contributed by atoms with Crippen molar-refractivity contribution in [3.63, 3.8) is 0 Å². The predicted octanol–water partition coefficient (Wildman–Crippen LogP) is 6.03. The van der Waals surface area contributed by atoms with Gasteiger partial charge in [-0.3, -0.25) is 9.59 Å². The Kier molecular flexibility index (Phi) is 7.66. The molecule has 172 valence electrons. The lowest BCUT2D eigenvalue weighted by Gasteiger charge is -2.34. The smallest absolute Gasteiger partial charge is 0.405 e. The molecule has 1 aliphatic heterocycles. The van der Waals surface area contributed by atoms with Crippen LogP contribution in [-0.4, -0.2) is 35.7 Å². The van der Waals surface area contributed by atoms with Crippen LogP contribution in [0.4, 0.5) is 18.9 Å². The molecular weight excluding hydrogens is 445 g/mol. The number of carbonyl (C=O) groups excluding carboxylic acids is 2. The molecular formula is C23H24ClF3N2O3. The summed E-state index contributed by atoms with van der Waals surface area (Å²) in [6, 6.07) is 9.70. The molecule has 0 aliphatic carbocycles. The minimum atomic E-state index is -4.84. The molecule has 2 aromatic carbocycles. The summed E-state index contributed by atoms with van der Waals surface area (Å²) in [5.74, 6) is -0.716. The second-order valence-corrected chi connectivity index (χ2v) is 7.98. The Balaban J connectivity index is 1.79. The topological polar surface area (TPSA) is 58.6 Å². The van der Waals surface area contributed by atoms with Gasteiger partial charge in [-0.2, -0.15) is 0 Å². The molecule has 0 spiro atoms. The number of alkyl halides is 3. The van der Waals surface area contributed by atoms with Crippen LogP contribution < -0.4 is 10.1 Å². The lowest BCUT2D eigenvalue weighted by atomic mass is 10.00. The maximum atomic E-state index is 12.9. The van der Waals surface area contributed by atoms with Crippen molar-refractivity contribution in [1.29, 1.82) is 0 Å². The standard InChI is InChI=1S/C23H24ClF3N2O3/c1-2-7-21(30)29-13-6-5-9-19(29)22(31)28-15-11-12-16(18(24)14-15)17-8-3-4-10-20(17)32-23(25,26)27/h3-4,8,10-12,14,19H,2,5-7,9,13H2,1H3,(H,28,31). The van der Waals surface area contributed by atoms with Crippen LogP contribution in [0.15, 0.2) is 42.5 Å². The van der Waals surface area contributed by atoms with Crippen molar-refractivity contribution in [3.05, 3.63) is 47.5 Å². The van der Waals surface area contributed by atoms with E-state index in [9.17, 15) is 22.8 Å². The Hall–Kier alpha value is -2.74. The maximum absolute atomic E-state index is 12.9. The van der Waals surface area contributed by atoms with E-state index < -0.39 is 12.4 Å². The van der Waals surface area contributed by atoms with Crippen LogP contribution in [-0.2, 0) is 9.59 Å². The van der Waals surface area contributed by atoms with Gasteiger partial charge in [0.2, 0.25) is 11.8 Å². The average molecular weight is 469 g/mol. The van der Waals surface area contributed by atoms with Gasteiger partial charge in [0, 0.05) is 29.8 Å². The molecule has 0 aromatic heterocycles. The van der Waals surface area contributed by atoms with Crippen LogP contribution in [0.2, 0.25) is 5.02 Å². The molecule has 32 heavy (non-hydrogen) atoms. The van der Waals surface area contributed by atoms with E-state index in [2.05, 4.69) is 10.1 Å². The maximum Gasteiger partial charge on any atom is 0.573 e. The number of benzene rings is 2. The van der Waals surface area contributed by atoms with Crippen molar-refractivity contribution in [2.45, 2.75) is 51.4 Å². The minimum absolute atomic E-state index is 0.0398. The number of ether oxygens (including phenoxy) is 1. The zero-order chi connectivity index (χ0) is 23.3. The van der Waals surface area contributed by atoms with Crippen LogP contribution in [0.5, 0.6) is 5.75 Å². The van der Waals surface area contributed by atoms with Gasteiger partial charge in [-0.15, -0.1) is 13.2 Å². The van der Waals surface area contributed by atoms with E-state index in [0.29, 0.717) is 37.1 Å². The lowest BCUT2D eigenvalue weighted by Crippen LogP contribution is -2.49. The van der Waals surface area contributed by atoms with Gasteiger partial charge in [0.05, 0.1) is 5.02 Å². The van der Waals surface area contributed by atoms with Crippen LogP contribution >= 0.6 is 11.6 Å². The summed E-state index contributed by atoms with van der Waals surface area (Å²) in [5.41, 5.74) is 0.907. The summed E-state index contributed by atoms with van der Waals surface area (Å²) >= 11 is 6.34. The van der Waals surface area contributed by atoms with Gasteiger partial charge in [-0.05, 0) is 43.9 Å². The van der Waals surface area contributed by atoms with E-state index in [1.165, 1.54) is 30.3 Å². The number of nitrogens with one attached hydrogen (secondary N) is 1. The number of nitrogens with zero attached hydrogens (tertiary/aromatic N) is 1. The summed E-state index contributed by atoms with van der Waals surface area (Å²) < 4.78 is 42.3. The van der Waals surface area contributed by atoms with Crippen LogP contribution in [0.3, 0.4) is 0 Å². The monoisotopic (exact) mass is 468 g/mol. The zero-order valence-electron chi connectivity index (χ0n) is 17.5. The number of amides is 2. The third-order valence-electron chi connectivity index (χ3n) is 5.23. The van der Waals surface area contributed by atoms with Gasteiger partial charge in [-0.1, -0.05) is 42.8 Å². The molecule has 1 fully saturated rings. The summed E-state index contributed by atoms with van der Waals surface area (Å²) in [6.45, 7) is 2.46. The first kappa shape index (κ1) is 23.9. The lowest BCUT2D eigenvalue weighted by molar-refractivity contribution is -0.274. The molecule has 9 heteroatoms. The summed E-state index contributed by atoms with van der Waals surface area (Å²) in [5, 5.41) is 2.94. The molecule has 0 saturated carbocycles. The Labute approximate surface area is 189 Å². The molecule has 1 atom stereocenters. The third-order valence-corrected chi connectivity index (χ3v) is 5.54. The normalized spacial score (nSPS) is 16.5. The highest BCUT2D eigenvalue weighted by molar-refractivity contribution is 6.33. The first-order valence-electron chi connectivity index (χ1n) is 10.4. The number of halogens is 4. The molecule has 0 radical (unpaired) electrons. The van der Waals surface area contributed by atoms with Crippen molar-refractivity contribution >= 4 is 29.1 Å². The van der Waals surface area contributed by atoms with Gasteiger partial charge in [0.1, 0.15) is 11.8 Å². The minimum Gasteiger partial charge on any atom is -0.405 e. The number of piperidine rings is 1. The molecule has 3 rings (SSSR count). The molecule has 2 amide bonds. The van der Waals surface area contributed by atoms with Gasteiger partial charge in [0.15, 0.2) is 0 Å². The number of hydrogen-bond donors (Lipinski definition) is 1. The van der Waals surface area contributed by atoms with Gasteiger partial charge in [0.25, 0.3) is 0 Å². The van der Waals surface area contributed by atoms with Crippen molar-refractivity contribution in [2.75, 3.05) is 11.9 Å². The SMILES string of the molecule is CCCC(=O)N1CCCCC1C(=O)Nc1ccc(-c2ccccc2OC(F)(F)F)c(Cl)c1. The van der Waals surface area contributed by atoms with Crippen LogP contribution in [0.25, 0.3) is 11.1 Å². The molecule has 0 bridgehead atoms. The van der Waals surface area contributed by atoms with E-state index in [0.717, 1.165) is 12.8 Å². The number of anilines is 1. The molecule has 1 saturated heterocycles. The van der Waals surface area contributed by atoms with E-state index in [1.54, 1.807) is 17.0 Å². The Bertz CT molecular complexity index is 981. The third kappa shape index (κ3) is 5.94. The van der Waals surface area contributed by atoms with E-state index in [1.807, 2.05) is 6.92 Å². The van der Waals surface area contributed by atoms with Crippen molar-refractivity contribution in [3.8, 4) is 16.9 Å². The predicted molar refractivity (Wildman–Crippen MR) is 116 cm³/mol. The van der Waals surface area contributed by atoms with Gasteiger partial charge < -0.3 is 15.0 Å². The highest BCUT2D eigenvalue weighted by Crippen LogP contribution is 2.38. The van der Waals surface area contributed by atoms with Gasteiger partial charge >= 0.3 is 6.36 Å². The second kappa shape index (κ2) is 10.3. The van der Waals surface area contributed by atoms with Crippen LogP contribution in [0.1, 0.15) is 39.0 Å². The van der Waals surface area contributed by atoms with Crippen molar-refractivity contribution < 1.29 is 27.5 Å². The number of likely N-dealkylation sites (tertiary alicyclic amines) is 1. The summed E-state index contributed by atoms with van der Waals surface area (Å²) in [4.78, 5) is 26.9. The summed E-state index contributed by atoms with van der Waals surface area (Å²) in [7, 11) is 0. The Morgan fingerprint density at radius 1 is 1.16 bits per heavy atom. The average Bonchev–Trinajstić information content (AvgIpc) is 2.73. The van der Waals surface area contributed by atoms with Gasteiger partial charge in [-0.25, -0.2) is 0 Å². The fourth-order valence-corrected chi connectivity index (χ4v) is 4.08. The van der Waals surface area contributed by atoms with E-state index >= 15 is 0 Å². The fourth-order valence-electron chi connectivity index (χ4n) is 3.80. The van der Waals surface area contributed by atoms with E-state index in [4.69, 9.17) is 11.6 Å². The second-order valence-electron chi connectivity index (χ2n) is 7.58. The van der Waals surface area contributed by atoms with Crippen molar-refractivity contribution in [2.24, 2.45) is 0 Å². The molecule has 1 N–H and O–H groups in total. The number of hydrogen-bond acceptors (Lipinski definition) is 3.